The van der Waals surface area contributed by atoms with E-state index in [1.54, 1.807) is 17.6 Å². The average Bonchev–Trinajstić information content (AvgIpc) is 2.50. The van der Waals surface area contributed by atoms with Gasteiger partial charge in [-0.2, -0.15) is 0 Å². The smallest absolute Gasteiger partial charge is 0.144 e. The largest absolute Gasteiger partial charge is 0.591 e. The fourth-order valence-corrected chi connectivity index (χ4v) is 1.80. The van der Waals surface area contributed by atoms with Crippen LogP contribution in [0.15, 0.2) is 21.9 Å². The molecule has 0 amide bonds. The van der Waals surface area contributed by atoms with Gasteiger partial charge in [0.1, 0.15) is 16.1 Å². The molecule has 0 aliphatic heterocycles. The lowest BCUT2D eigenvalue weighted by molar-refractivity contribution is 0.562. The fourth-order valence-electron chi connectivity index (χ4n) is 0.623. The number of hydrogen-bond acceptors (Lipinski definition) is 3. The van der Waals surface area contributed by atoms with E-state index in [9.17, 15) is 4.55 Å². The predicted octanol–water partition coefficient (Wildman–Crippen LogP) is 2.63. The van der Waals surface area contributed by atoms with Crippen LogP contribution in [0.5, 0.6) is 0 Å². The summed E-state index contributed by atoms with van der Waals surface area (Å²) in [6.07, 6.45) is 1.67. The van der Waals surface area contributed by atoms with E-state index in [0.717, 1.165) is 4.88 Å². The van der Waals surface area contributed by atoms with Gasteiger partial charge in [-0.05, 0) is 32.2 Å². The normalized spacial score (nSPS) is 15.1. The van der Waals surface area contributed by atoms with Crippen molar-refractivity contribution in [1.29, 1.82) is 0 Å². The van der Waals surface area contributed by atoms with E-state index >= 15 is 0 Å². The van der Waals surface area contributed by atoms with E-state index in [1.807, 2.05) is 38.3 Å². The lowest BCUT2D eigenvalue weighted by Crippen LogP contribution is -2.25. The molecule has 0 saturated heterocycles. The van der Waals surface area contributed by atoms with Gasteiger partial charge in [0, 0.05) is 4.88 Å². The minimum absolute atomic E-state index is 0.270. The highest BCUT2D eigenvalue weighted by atomic mass is 32.2. The predicted molar refractivity (Wildman–Crippen MR) is 59.8 cm³/mol. The number of thiophene rings is 1. The van der Waals surface area contributed by atoms with Gasteiger partial charge in [-0.15, -0.1) is 11.3 Å². The molecular formula is C9H13NOS2. The quantitative estimate of drug-likeness (QED) is 0.552. The molecule has 1 rings (SSSR count). The second kappa shape index (κ2) is 4.26. The van der Waals surface area contributed by atoms with Crippen LogP contribution in [0, 0.1) is 0 Å². The van der Waals surface area contributed by atoms with Crippen LogP contribution in [0.3, 0.4) is 0 Å². The molecule has 0 aliphatic carbocycles. The summed E-state index contributed by atoms with van der Waals surface area (Å²) < 4.78 is 15.2. The third-order valence-corrected chi connectivity index (χ3v) is 3.49. The van der Waals surface area contributed by atoms with Crippen LogP contribution in [0.4, 0.5) is 0 Å². The van der Waals surface area contributed by atoms with Gasteiger partial charge in [-0.1, -0.05) is 10.5 Å². The van der Waals surface area contributed by atoms with E-state index in [4.69, 9.17) is 0 Å². The highest BCUT2D eigenvalue weighted by molar-refractivity contribution is 7.91. The van der Waals surface area contributed by atoms with E-state index in [-0.39, 0.29) is 4.75 Å². The Morgan fingerprint density at radius 3 is 2.69 bits per heavy atom. The topological polar surface area (TPSA) is 35.4 Å². The van der Waals surface area contributed by atoms with E-state index < -0.39 is 11.4 Å². The van der Waals surface area contributed by atoms with E-state index in [0.29, 0.717) is 0 Å². The van der Waals surface area contributed by atoms with Crippen molar-refractivity contribution in [2.45, 2.75) is 25.5 Å². The number of hydrogen-bond donors (Lipinski definition) is 0. The van der Waals surface area contributed by atoms with Crippen molar-refractivity contribution in [2.24, 2.45) is 4.40 Å². The van der Waals surface area contributed by atoms with Gasteiger partial charge in [0.2, 0.25) is 0 Å². The van der Waals surface area contributed by atoms with Gasteiger partial charge in [0.15, 0.2) is 0 Å². The lowest BCUT2D eigenvalue weighted by atomic mass is 10.3. The monoisotopic (exact) mass is 215 g/mol. The molecule has 0 fully saturated rings. The minimum Gasteiger partial charge on any atom is -0.591 e. The van der Waals surface area contributed by atoms with Gasteiger partial charge in [-0.25, -0.2) is 0 Å². The summed E-state index contributed by atoms with van der Waals surface area (Å²) in [5.41, 5.74) is 0. The lowest BCUT2D eigenvalue weighted by Gasteiger charge is -2.17. The average molecular weight is 215 g/mol. The summed E-state index contributed by atoms with van der Waals surface area (Å²) >= 11 is 0.446. The maximum absolute atomic E-state index is 11.5. The van der Waals surface area contributed by atoms with Crippen LogP contribution >= 0.6 is 11.3 Å². The van der Waals surface area contributed by atoms with Crippen LogP contribution < -0.4 is 0 Å². The number of nitrogens with zero attached hydrogens (tertiary/aromatic N) is 1. The van der Waals surface area contributed by atoms with Crippen LogP contribution in [-0.4, -0.2) is 15.5 Å². The summed E-state index contributed by atoms with van der Waals surface area (Å²) in [5, 5.41) is 1.97. The molecular weight excluding hydrogens is 202 g/mol. The fraction of sp³-hybridized carbons (Fsp3) is 0.444. The first-order valence-electron chi connectivity index (χ1n) is 4.00. The van der Waals surface area contributed by atoms with Gasteiger partial charge < -0.3 is 4.55 Å². The molecule has 0 unspecified atom stereocenters. The first kappa shape index (κ1) is 10.8. The molecule has 13 heavy (non-hydrogen) atoms. The third-order valence-electron chi connectivity index (χ3n) is 1.34. The molecule has 0 aromatic carbocycles. The van der Waals surface area contributed by atoms with Crippen molar-refractivity contribution in [1.82, 2.24) is 0 Å². The first-order valence-corrected chi connectivity index (χ1v) is 5.98. The van der Waals surface area contributed by atoms with Crippen molar-refractivity contribution in [3.05, 3.63) is 22.4 Å². The molecule has 1 atom stereocenters. The summed E-state index contributed by atoms with van der Waals surface area (Å²) in [6, 6.07) is 3.90. The Labute approximate surface area is 86.0 Å². The minimum atomic E-state index is -1.15. The summed E-state index contributed by atoms with van der Waals surface area (Å²) in [7, 11) is 0. The highest BCUT2D eigenvalue weighted by Crippen LogP contribution is 2.17. The van der Waals surface area contributed by atoms with Gasteiger partial charge in [0.05, 0.1) is 6.21 Å². The maximum atomic E-state index is 11.5. The zero-order valence-electron chi connectivity index (χ0n) is 7.98. The second-order valence-electron chi connectivity index (χ2n) is 3.61. The van der Waals surface area contributed by atoms with Crippen molar-refractivity contribution >= 4 is 28.9 Å². The molecule has 2 nitrogen and oxygen atoms in total. The zero-order chi connectivity index (χ0) is 9.90. The Hall–Kier alpha value is -0.320. The molecule has 4 heteroatoms. The summed E-state index contributed by atoms with van der Waals surface area (Å²) in [6.45, 7) is 5.73. The Kier molecular flexibility index (Phi) is 3.53. The first-order chi connectivity index (χ1) is 6.00. The molecule has 0 bridgehead atoms. The van der Waals surface area contributed by atoms with Crippen LogP contribution in [-0.2, 0) is 11.4 Å². The molecule has 0 spiro atoms. The van der Waals surface area contributed by atoms with E-state index in [1.165, 1.54) is 0 Å². The Morgan fingerprint density at radius 2 is 2.23 bits per heavy atom. The third kappa shape index (κ3) is 3.50. The summed E-state index contributed by atoms with van der Waals surface area (Å²) in [5.74, 6) is 0. The SMILES string of the molecule is CC(C)(C)[S@+]([O-])/N=C/c1cccs1. The molecule has 0 saturated carbocycles. The van der Waals surface area contributed by atoms with Crippen LogP contribution in [0.1, 0.15) is 25.6 Å². The Bertz CT molecular complexity index is 274. The zero-order valence-corrected chi connectivity index (χ0v) is 9.61. The van der Waals surface area contributed by atoms with Crippen molar-refractivity contribution in [2.75, 3.05) is 0 Å². The standard InChI is InChI=1S/C9H13NOS2/c1-9(2,3)13(11)10-7-8-5-4-6-12-8/h4-7H,1-3H3/b10-7+/t13-/m0/s1. The molecule has 72 valence electrons. The van der Waals surface area contributed by atoms with Gasteiger partial charge >= 0.3 is 0 Å². The second-order valence-corrected chi connectivity index (χ2v) is 6.52. The molecule has 1 aromatic heterocycles. The van der Waals surface area contributed by atoms with Crippen molar-refractivity contribution in [3.8, 4) is 0 Å². The Morgan fingerprint density at radius 1 is 1.54 bits per heavy atom. The highest BCUT2D eigenvalue weighted by Gasteiger charge is 2.25. The molecule has 0 N–H and O–H groups in total. The maximum Gasteiger partial charge on any atom is 0.144 e. The van der Waals surface area contributed by atoms with E-state index in [2.05, 4.69) is 4.40 Å². The Balaban J connectivity index is 2.59. The van der Waals surface area contributed by atoms with Crippen LogP contribution in [0.25, 0.3) is 0 Å². The molecule has 0 aliphatic rings. The molecule has 1 heterocycles. The van der Waals surface area contributed by atoms with Crippen molar-refractivity contribution < 1.29 is 4.55 Å². The van der Waals surface area contributed by atoms with Crippen molar-refractivity contribution in [3.63, 3.8) is 0 Å². The van der Waals surface area contributed by atoms with Gasteiger partial charge in [-0.3, -0.25) is 0 Å². The number of rotatable bonds is 2. The summed E-state index contributed by atoms with van der Waals surface area (Å²) in [4.78, 5) is 1.04. The molecule has 1 aromatic rings. The molecule has 0 radical (unpaired) electrons. The van der Waals surface area contributed by atoms with Crippen LogP contribution in [0.2, 0.25) is 0 Å². The van der Waals surface area contributed by atoms with Gasteiger partial charge in [0.25, 0.3) is 0 Å².